The number of pyridine rings is 1. The molecule has 1 heterocycles. The first-order chi connectivity index (χ1) is 9.18. The molecule has 0 fully saturated rings. The van der Waals surface area contributed by atoms with Crippen LogP contribution in [0.5, 0.6) is 0 Å². The number of nitrogens with zero attached hydrogens (tertiary/aromatic N) is 1. The minimum Gasteiger partial charge on any atom is -0.350 e. The first-order valence-electron chi connectivity index (χ1n) is 6.16. The van der Waals surface area contributed by atoms with Crippen molar-refractivity contribution in [3.63, 3.8) is 0 Å². The average Bonchev–Trinajstić information content (AvgIpc) is 2.46. The predicted molar refractivity (Wildman–Crippen MR) is 74.2 cm³/mol. The highest BCUT2D eigenvalue weighted by Crippen LogP contribution is 2.10. The van der Waals surface area contributed by atoms with E-state index < -0.39 is 6.04 Å². The molecule has 19 heavy (non-hydrogen) atoms. The number of aryl methyl sites for hydroxylation is 1. The summed E-state index contributed by atoms with van der Waals surface area (Å²) in [5, 5.41) is 2.85. The largest absolute Gasteiger partial charge is 0.350 e. The van der Waals surface area contributed by atoms with E-state index >= 15 is 0 Å². The molecule has 4 nitrogen and oxygen atoms in total. The van der Waals surface area contributed by atoms with Crippen LogP contribution in [0, 0.1) is 6.92 Å². The molecule has 0 aliphatic rings. The molecule has 0 aliphatic carbocycles. The van der Waals surface area contributed by atoms with Gasteiger partial charge in [0.15, 0.2) is 0 Å². The van der Waals surface area contributed by atoms with E-state index in [1.54, 1.807) is 12.4 Å². The number of hydrogen-bond donors (Lipinski definition) is 2. The van der Waals surface area contributed by atoms with Crippen molar-refractivity contribution < 1.29 is 4.79 Å². The van der Waals surface area contributed by atoms with E-state index in [-0.39, 0.29) is 5.91 Å². The van der Waals surface area contributed by atoms with E-state index in [9.17, 15) is 4.79 Å². The Bertz CT molecular complexity index is 554. The van der Waals surface area contributed by atoms with Gasteiger partial charge < -0.3 is 11.1 Å². The number of hydrogen-bond acceptors (Lipinski definition) is 3. The molecule has 0 aliphatic heterocycles. The lowest BCUT2D eigenvalue weighted by Crippen LogP contribution is -2.33. The molecule has 4 heteroatoms. The Kier molecular flexibility index (Phi) is 4.26. The summed E-state index contributed by atoms with van der Waals surface area (Å²) in [6.07, 6.45) is 3.49. The summed E-state index contributed by atoms with van der Waals surface area (Å²) in [7, 11) is 0. The smallest absolute Gasteiger partial charge is 0.241 e. The standard InChI is InChI=1S/C15H17N3O/c1-11-9-17-8-7-13(11)10-18-15(19)14(16)12-5-3-2-4-6-12/h2-9,14H,10,16H2,1H3,(H,18,19). The molecule has 98 valence electrons. The molecule has 3 N–H and O–H groups in total. The molecule has 0 saturated carbocycles. The maximum absolute atomic E-state index is 12.0. The van der Waals surface area contributed by atoms with Gasteiger partial charge in [-0.05, 0) is 29.7 Å². The monoisotopic (exact) mass is 255 g/mol. The van der Waals surface area contributed by atoms with Gasteiger partial charge in [-0.15, -0.1) is 0 Å². The summed E-state index contributed by atoms with van der Waals surface area (Å²) >= 11 is 0. The van der Waals surface area contributed by atoms with Crippen LogP contribution in [0.25, 0.3) is 0 Å². The van der Waals surface area contributed by atoms with Gasteiger partial charge in [0.05, 0.1) is 0 Å². The van der Waals surface area contributed by atoms with Gasteiger partial charge in [-0.25, -0.2) is 0 Å². The zero-order valence-corrected chi connectivity index (χ0v) is 10.8. The molecule has 1 unspecified atom stereocenters. The first-order valence-corrected chi connectivity index (χ1v) is 6.16. The van der Waals surface area contributed by atoms with Crippen molar-refractivity contribution in [1.82, 2.24) is 10.3 Å². The summed E-state index contributed by atoms with van der Waals surface area (Å²) in [5.41, 5.74) is 8.82. The molecular weight excluding hydrogens is 238 g/mol. The van der Waals surface area contributed by atoms with E-state index in [4.69, 9.17) is 5.73 Å². The molecule has 1 aromatic carbocycles. The second-order valence-corrected chi connectivity index (χ2v) is 4.41. The molecule has 2 aromatic rings. The van der Waals surface area contributed by atoms with Gasteiger partial charge in [-0.3, -0.25) is 9.78 Å². The number of carbonyl (C=O) groups excluding carboxylic acids is 1. The van der Waals surface area contributed by atoms with Crippen molar-refractivity contribution in [2.75, 3.05) is 0 Å². The topological polar surface area (TPSA) is 68.0 Å². The van der Waals surface area contributed by atoms with Crippen molar-refractivity contribution in [2.45, 2.75) is 19.5 Å². The van der Waals surface area contributed by atoms with Crippen LogP contribution >= 0.6 is 0 Å². The Morgan fingerprint density at radius 2 is 2.05 bits per heavy atom. The molecule has 1 amide bonds. The first kappa shape index (κ1) is 13.2. The van der Waals surface area contributed by atoms with Gasteiger partial charge in [-0.1, -0.05) is 30.3 Å². The van der Waals surface area contributed by atoms with Gasteiger partial charge in [0.1, 0.15) is 6.04 Å². The van der Waals surface area contributed by atoms with Crippen molar-refractivity contribution in [3.8, 4) is 0 Å². The number of carbonyl (C=O) groups is 1. The highest BCUT2D eigenvalue weighted by molar-refractivity contribution is 5.82. The van der Waals surface area contributed by atoms with Crippen molar-refractivity contribution in [3.05, 3.63) is 65.5 Å². The number of rotatable bonds is 4. The summed E-state index contributed by atoms with van der Waals surface area (Å²) in [5.74, 6) is -0.178. The fourth-order valence-electron chi connectivity index (χ4n) is 1.80. The van der Waals surface area contributed by atoms with E-state index in [0.29, 0.717) is 6.54 Å². The second-order valence-electron chi connectivity index (χ2n) is 4.41. The Labute approximate surface area is 112 Å². The van der Waals surface area contributed by atoms with Crippen LogP contribution in [0.3, 0.4) is 0 Å². The predicted octanol–water partition coefficient (Wildman–Crippen LogP) is 1.71. The Morgan fingerprint density at radius 3 is 2.74 bits per heavy atom. The minimum atomic E-state index is -0.636. The quantitative estimate of drug-likeness (QED) is 0.873. The average molecular weight is 255 g/mol. The zero-order valence-electron chi connectivity index (χ0n) is 10.8. The van der Waals surface area contributed by atoms with Gasteiger partial charge in [-0.2, -0.15) is 0 Å². The maximum Gasteiger partial charge on any atom is 0.241 e. The molecule has 0 saturated heterocycles. The third-order valence-corrected chi connectivity index (χ3v) is 3.03. The third kappa shape index (κ3) is 3.39. The molecule has 0 bridgehead atoms. The van der Waals surface area contributed by atoms with Crippen LogP contribution in [0.1, 0.15) is 22.7 Å². The molecule has 0 radical (unpaired) electrons. The molecule has 1 aromatic heterocycles. The van der Waals surface area contributed by atoms with Crippen molar-refractivity contribution in [1.29, 1.82) is 0 Å². The van der Waals surface area contributed by atoms with Crippen LogP contribution in [0.15, 0.2) is 48.8 Å². The highest BCUT2D eigenvalue weighted by Gasteiger charge is 2.14. The SMILES string of the molecule is Cc1cnccc1CNC(=O)C(N)c1ccccc1. The van der Waals surface area contributed by atoms with Crippen LogP contribution in [-0.2, 0) is 11.3 Å². The highest BCUT2D eigenvalue weighted by atomic mass is 16.2. The maximum atomic E-state index is 12.0. The van der Waals surface area contributed by atoms with E-state index in [1.807, 2.05) is 43.3 Å². The van der Waals surface area contributed by atoms with Crippen LogP contribution in [0.2, 0.25) is 0 Å². The van der Waals surface area contributed by atoms with Crippen LogP contribution < -0.4 is 11.1 Å². The molecule has 0 spiro atoms. The summed E-state index contributed by atoms with van der Waals surface area (Å²) in [6, 6.07) is 10.6. The van der Waals surface area contributed by atoms with Crippen LogP contribution in [-0.4, -0.2) is 10.9 Å². The molecule has 2 rings (SSSR count). The summed E-state index contributed by atoms with van der Waals surface area (Å²) in [4.78, 5) is 16.0. The molecule has 1 atom stereocenters. The second kappa shape index (κ2) is 6.11. The van der Waals surface area contributed by atoms with Gasteiger partial charge in [0.25, 0.3) is 0 Å². The van der Waals surface area contributed by atoms with Crippen LogP contribution in [0.4, 0.5) is 0 Å². The molecular formula is C15H17N3O. The summed E-state index contributed by atoms with van der Waals surface area (Å²) in [6.45, 7) is 2.43. The lowest BCUT2D eigenvalue weighted by Gasteiger charge is -2.13. The number of amides is 1. The summed E-state index contributed by atoms with van der Waals surface area (Å²) < 4.78 is 0. The fraction of sp³-hybridized carbons (Fsp3) is 0.200. The van der Waals surface area contributed by atoms with E-state index in [1.165, 1.54) is 0 Å². The normalized spacial score (nSPS) is 11.9. The Balaban J connectivity index is 1.97. The van der Waals surface area contributed by atoms with Gasteiger partial charge in [0.2, 0.25) is 5.91 Å². The number of aromatic nitrogens is 1. The minimum absolute atomic E-state index is 0.178. The van der Waals surface area contributed by atoms with Gasteiger partial charge in [0, 0.05) is 18.9 Å². The third-order valence-electron chi connectivity index (χ3n) is 3.03. The van der Waals surface area contributed by atoms with E-state index in [0.717, 1.165) is 16.7 Å². The van der Waals surface area contributed by atoms with Gasteiger partial charge >= 0.3 is 0 Å². The Morgan fingerprint density at radius 1 is 1.32 bits per heavy atom. The number of benzene rings is 1. The van der Waals surface area contributed by atoms with E-state index in [2.05, 4.69) is 10.3 Å². The fourth-order valence-corrected chi connectivity index (χ4v) is 1.80. The Hall–Kier alpha value is -2.20. The lowest BCUT2D eigenvalue weighted by atomic mass is 10.1. The number of nitrogens with two attached hydrogens (primary N) is 1. The van der Waals surface area contributed by atoms with Crippen molar-refractivity contribution >= 4 is 5.91 Å². The number of nitrogens with one attached hydrogen (secondary N) is 1. The van der Waals surface area contributed by atoms with Crippen molar-refractivity contribution in [2.24, 2.45) is 5.73 Å². The lowest BCUT2D eigenvalue weighted by molar-refractivity contribution is -0.122. The zero-order chi connectivity index (χ0) is 13.7.